The van der Waals surface area contributed by atoms with Gasteiger partial charge in [0.1, 0.15) is 5.75 Å². The van der Waals surface area contributed by atoms with Crippen molar-refractivity contribution in [3.05, 3.63) is 0 Å². The number of nitrogens with one attached hydrogen (secondary N) is 1. The maximum atomic E-state index is 12.3. The number of nitrogens with zero attached hydrogens (tertiary/aromatic N) is 1. The van der Waals surface area contributed by atoms with Gasteiger partial charge in [-0.1, -0.05) is 6.92 Å². The van der Waals surface area contributed by atoms with Gasteiger partial charge in [-0.3, -0.25) is 4.79 Å². The van der Waals surface area contributed by atoms with Gasteiger partial charge in [0.05, 0.1) is 0 Å². The average molecular weight is 382 g/mol. The van der Waals surface area contributed by atoms with Gasteiger partial charge in [-0.25, -0.2) is 13.1 Å². The lowest BCUT2D eigenvalue weighted by Crippen LogP contribution is -2.47. The summed E-state index contributed by atoms with van der Waals surface area (Å²) in [6.07, 6.45) is 5.55. The summed E-state index contributed by atoms with van der Waals surface area (Å²) in [6, 6.07) is 0.124. The number of piperidine rings is 1. The Kier molecular flexibility index (Phi) is 8.45. The van der Waals surface area contributed by atoms with Crippen LogP contribution in [0.1, 0.15) is 52.4 Å². The monoisotopic (exact) mass is 381 g/mol. The summed E-state index contributed by atoms with van der Waals surface area (Å²) >= 11 is 0. The van der Waals surface area contributed by atoms with E-state index in [0.29, 0.717) is 24.9 Å². The third-order valence-corrected chi connectivity index (χ3v) is 6.63. The number of halogens is 1. The number of amides is 1. The first-order valence-corrected chi connectivity index (χ1v) is 10.5. The Balaban J connectivity index is 0.00000288. The van der Waals surface area contributed by atoms with Crippen LogP contribution in [-0.2, 0) is 14.8 Å². The number of sulfonamides is 1. The van der Waals surface area contributed by atoms with E-state index in [0.717, 1.165) is 38.5 Å². The zero-order valence-corrected chi connectivity index (χ0v) is 16.4. The summed E-state index contributed by atoms with van der Waals surface area (Å²) in [5.41, 5.74) is 5.89. The van der Waals surface area contributed by atoms with Crippen LogP contribution in [0.25, 0.3) is 0 Å². The lowest BCUT2D eigenvalue weighted by Gasteiger charge is -2.34. The standard InChI is InChI=1S/C16H31N3O3S.ClH/c1-12-3-5-15(6-4-12)18-23(21,22)11-16(20)19-9-7-14(8-10-19)13(2)17;/h12-15,18H,3-11,17H2,1-2H3;1H. The molecule has 1 amide bonds. The molecule has 0 aromatic rings. The van der Waals surface area contributed by atoms with Crippen LogP contribution in [0, 0.1) is 11.8 Å². The van der Waals surface area contributed by atoms with E-state index in [4.69, 9.17) is 5.73 Å². The number of carbonyl (C=O) groups is 1. The van der Waals surface area contributed by atoms with Crippen molar-refractivity contribution in [2.75, 3.05) is 18.8 Å². The van der Waals surface area contributed by atoms with Gasteiger partial charge in [0.25, 0.3) is 0 Å². The van der Waals surface area contributed by atoms with Crippen molar-refractivity contribution < 1.29 is 13.2 Å². The van der Waals surface area contributed by atoms with Crippen LogP contribution >= 0.6 is 12.4 Å². The Morgan fingerprint density at radius 1 is 1.17 bits per heavy atom. The molecule has 1 aliphatic carbocycles. The van der Waals surface area contributed by atoms with Crippen LogP contribution in [0.3, 0.4) is 0 Å². The van der Waals surface area contributed by atoms with Gasteiger partial charge >= 0.3 is 0 Å². The molecule has 2 aliphatic rings. The molecule has 0 aromatic heterocycles. The Bertz CT molecular complexity index is 497. The molecule has 142 valence electrons. The van der Waals surface area contributed by atoms with Gasteiger partial charge < -0.3 is 10.6 Å². The van der Waals surface area contributed by atoms with Crippen LogP contribution in [0.2, 0.25) is 0 Å². The minimum absolute atomic E-state index is 0. The van der Waals surface area contributed by atoms with Crippen molar-refractivity contribution >= 4 is 28.3 Å². The van der Waals surface area contributed by atoms with Crippen molar-refractivity contribution in [3.63, 3.8) is 0 Å². The predicted octanol–water partition coefficient (Wildman–Crippen LogP) is 1.49. The maximum Gasteiger partial charge on any atom is 0.239 e. The normalized spacial score (nSPS) is 27.4. The fourth-order valence-electron chi connectivity index (χ4n) is 3.60. The van der Waals surface area contributed by atoms with Crippen LogP contribution in [0.4, 0.5) is 0 Å². The molecule has 24 heavy (non-hydrogen) atoms. The van der Waals surface area contributed by atoms with E-state index in [1.54, 1.807) is 4.90 Å². The van der Waals surface area contributed by atoms with Gasteiger partial charge in [-0.05, 0) is 57.3 Å². The zero-order valence-electron chi connectivity index (χ0n) is 14.7. The van der Waals surface area contributed by atoms with E-state index >= 15 is 0 Å². The fraction of sp³-hybridized carbons (Fsp3) is 0.938. The number of nitrogens with two attached hydrogens (primary N) is 1. The first-order chi connectivity index (χ1) is 10.8. The molecule has 2 fully saturated rings. The van der Waals surface area contributed by atoms with Crippen LogP contribution in [-0.4, -0.2) is 50.2 Å². The van der Waals surface area contributed by atoms with Crippen molar-refractivity contribution in [1.29, 1.82) is 0 Å². The second kappa shape index (κ2) is 9.36. The Labute approximate surface area is 152 Å². The Hall–Kier alpha value is -0.370. The molecular weight excluding hydrogens is 350 g/mol. The maximum absolute atomic E-state index is 12.3. The van der Waals surface area contributed by atoms with E-state index in [-0.39, 0.29) is 30.4 Å². The number of carbonyl (C=O) groups excluding carboxylic acids is 1. The van der Waals surface area contributed by atoms with Gasteiger partial charge in [-0.15, -0.1) is 12.4 Å². The third-order valence-electron chi connectivity index (χ3n) is 5.31. The second-order valence-electron chi connectivity index (χ2n) is 7.41. The highest BCUT2D eigenvalue weighted by Gasteiger charge is 2.29. The summed E-state index contributed by atoms with van der Waals surface area (Å²) in [7, 11) is -3.54. The molecule has 8 heteroatoms. The average Bonchev–Trinajstić information content (AvgIpc) is 2.49. The van der Waals surface area contributed by atoms with Gasteiger partial charge in [-0.2, -0.15) is 0 Å². The summed E-state index contributed by atoms with van der Waals surface area (Å²) in [6.45, 7) is 5.41. The van der Waals surface area contributed by atoms with Crippen molar-refractivity contribution in [2.24, 2.45) is 17.6 Å². The number of rotatable bonds is 5. The minimum Gasteiger partial charge on any atom is -0.342 e. The summed E-state index contributed by atoms with van der Waals surface area (Å²) in [5, 5.41) is 0. The van der Waals surface area contributed by atoms with E-state index in [1.165, 1.54) is 0 Å². The number of hydrogen-bond acceptors (Lipinski definition) is 4. The molecule has 3 N–H and O–H groups in total. The number of likely N-dealkylation sites (tertiary alicyclic amines) is 1. The van der Waals surface area contributed by atoms with Crippen molar-refractivity contribution in [1.82, 2.24) is 9.62 Å². The third kappa shape index (κ3) is 6.50. The molecule has 1 saturated heterocycles. The number of hydrogen-bond donors (Lipinski definition) is 2. The topological polar surface area (TPSA) is 92.5 Å². The smallest absolute Gasteiger partial charge is 0.239 e. The van der Waals surface area contributed by atoms with E-state index < -0.39 is 15.8 Å². The lowest BCUT2D eigenvalue weighted by molar-refractivity contribution is -0.129. The molecule has 1 atom stereocenters. The summed E-state index contributed by atoms with van der Waals surface area (Å²) in [5.74, 6) is 0.383. The van der Waals surface area contributed by atoms with Crippen LogP contribution in [0.5, 0.6) is 0 Å². The highest BCUT2D eigenvalue weighted by atomic mass is 35.5. The van der Waals surface area contributed by atoms with Crippen molar-refractivity contribution in [2.45, 2.75) is 64.5 Å². The quantitative estimate of drug-likeness (QED) is 0.754. The molecule has 0 aromatic carbocycles. The highest BCUT2D eigenvalue weighted by Crippen LogP contribution is 2.24. The van der Waals surface area contributed by atoms with Crippen LogP contribution < -0.4 is 10.5 Å². The minimum atomic E-state index is -3.54. The summed E-state index contributed by atoms with van der Waals surface area (Å²) < 4.78 is 27.2. The SMILES string of the molecule is CC1CCC(NS(=O)(=O)CC(=O)N2CCC(C(C)N)CC2)CC1.Cl. The predicted molar refractivity (Wildman–Crippen MR) is 98.5 cm³/mol. The van der Waals surface area contributed by atoms with E-state index in [2.05, 4.69) is 11.6 Å². The molecule has 2 rings (SSSR count). The molecule has 1 saturated carbocycles. The largest absolute Gasteiger partial charge is 0.342 e. The molecule has 0 spiro atoms. The van der Waals surface area contributed by atoms with Crippen LogP contribution in [0.15, 0.2) is 0 Å². The van der Waals surface area contributed by atoms with Gasteiger partial charge in [0.2, 0.25) is 15.9 Å². The molecule has 1 heterocycles. The van der Waals surface area contributed by atoms with Gasteiger partial charge in [0.15, 0.2) is 0 Å². The molecule has 1 unspecified atom stereocenters. The first kappa shape index (κ1) is 21.7. The fourth-order valence-corrected chi connectivity index (χ4v) is 4.94. The highest BCUT2D eigenvalue weighted by molar-refractivity contribution is 7.90. The zero-order chi connectivity index (χ0) is 17.0. The molecule has 6 nitrogen and oxygen atoms in total. The lowest BCUT2D eigenvalue weighted by atomic mass is 9.88. The van der Waals surface area contributed by atoms with E-state index in [1.807, 2.05) is 6.92 Å². The van der Waals surface area contributed by atoms with E-state index in [9.17, 15) is 13.2 Å². The summed E-state index contributed by atoms with van der Waals surface area (Å²) in [4.78, 5) is 13.9. The molecule has 0 bridgehead atoms. The first-order valence-electron chi connectivity index (χ1n) is 8.80. The molecule has 0 radical (unpaired) electrons. The van der Waals surface area contributed by atoms with Gasteiger partial charge in [0, 0.05) is 25.2 Å². The Morgan fingerprint density at radius 2 is 1.71 bits per heavy atom. The Morgan fingerprint density at radius 3 is 2.21 bits per heavy atom. The van der Waals surface area contributed by atoms with Crippen molar-refractivity contribution in [3.8, 4) is 0 Å². The molecular formula is C16H32ClN3O3S. The molecule has 1 aliphatic heterocycles. The second-order valence-corrected chi connectivity index (χ2v) is 9.16.